The fourth-order valence-corrected chi connectivity index (χ4v) is 5.36. The standard InChI is InChI=1S/C18H19ClN4O3S/c19-14-6-4-13(5-7-14)17(24)23-10-2-8-18(12-23)11-21-16-15(3-1-9-20-16)27(25,26)22-18/h1,3-7,9H,2,8,10-12H2,(H2-,20,21,22,25,26). The van der Waals surface area contributed by atoms with Crippen molar-refractivity contribution in [1.82, 2.24) is 14.6 Å². The number of anilines is 1. The van der Waals surface area contributed by atoms with Crippen LogP contribution in [0.1, 0.15) is 23.2 Å². The molecule has 2 aromatic rings. The molecule has 2 unspecified atom stereocenters. The Morgan fingerprint density at radius 3 is 2.85 bits per heavy atom. The van der Waals surface area contributed by atoms with Crippen molar-refractivity contribution < 1.29 is 13.6 Å². The first-order chi connectivity index (χ1) is 12.9. The molecule has 3 heterocycles. The van der Waals surface area contributed by atoms with Crippen LogP contribution in [0.3, 0.4) is 0 Å². The number of sulfonamides is 1. The van der Waals surface area contributed by atoms with Gasteiger partial charge in [-0.15, -0.1) is 4.72 Å². The van der Waals surface area contributed by atoms with Gasteiger partial charge in [0.25, 0.3) is 5.91 Å². The summed E-state index contributed by atoms with van der Waals surface area (Å²) in [5, 5.41) is 3.70. The van der Waals surface area contributed by atoms with Gasteiger partial charge < -0.3 is 14.8 Å². The van der Waals surface area contributed by atoms with E-state index < -0.39 is 15.9 Å². The molecule has 2 atom stereocenters. The second-order valence-electron chi connectivity index (χ2n) is 6.93. The zero-order valence-corrected chi connectivity index (χ0v) is 16.1. The molecular weight excluding hydrogens is 388 g/mol. The van der Waals surface area contributed by atoms with Gasteiger partial charge in [0.2, 0.25) is 4.90 Å². The molecule has 2 aliphatic heterocycles. The van der Waals surface area contributed by atoms with E-state index in [9.17, 15) is 13.6 Å². The third-order valence-corrected chi connectivity index (χ3v) is 6.82. The number of likely N-dealkylation sites (tertiary alicyclic amines) is 1. The number of fused-ring (bicyclic) bond motifs is 1. The molecule has 0 radical (unpaired) electrons. The van der Waals surface area contributed by atoms with Crippen LogP contribution in [0.5, 0.6) is 0 Å². The van der Waals surface area contributed by atoms with Gasteiger partial charge in [-0.3, -0.25) is 4.79 Å². The predicted octanol–water partition coefficient (Wildman–Crippen LogP) is 2.33. The van der Waals surface area contributed by atoms with E-state index in [0.29, 0.717) is 42.3 Å². The van der Waals surface area contributed by atoms with Gasteiger partial charge in [-0.25, -0.2) is 4.98 Å². The molecule has 0 bridgehead atoms. The normalized spacial score (nSPS) is 27.6. The largest absolute Gasteiger partial charge is 0.593 e. The fourth-order valence-electron chi connectivity index (χ4n) is 3.68. The van der Waals surface area contributed by atoms with E-state index in [1.54, 1.807) is 41.4 Å². The Hall–Kier alpha value is -2.00. The van der Waals surface area contributed by atoms with Gasteiger partial charge in [0.05, 0.1) is 5.54 Å². The minimum atomic E-state index is -3.74. The Labute approximate surface area is 163 Å². The number of amides is 1. The number of rotatable bonds is 1. The Balaban J connectivity index is 1.60. The molecule has 1 spiro atoms. The molecular formula is C18H19ClN4O3S. The number of halogens is 1. The molecule has 2 N–H and O–H groups in total. The molecule has 4 rings (SSSR count). The van der Waals surface area contributed by atoms with Gasteiger partial charge in [0.15, 0.2) is 16.2 Å². The number of pyridine rings is 1. The zero-order valence-electron chi connectivity index (χ0n) is 14.5. The molecule has 142 valence electrons. The molecule has 1 amide bonds. The summed E-state index contributed by atoms with van der Waals surface area (Å²) in [5.74, 6) is 0.202. The number of nitrogens with one attached hydrogen (secondary N) is 2. The van der Waals surface area contributed by atoms with E-state index in [2.05, 4.69) is 15.0 Å². The molecule has 1 fully saturated rings. The van der Waals surface area contributed by atoms with Crippen molar-refractivity contribution in [2.45, 2.75) is 23.3 Å². The summed E-state index contributed by atoms with van der Waals surface area (Å²) >= 11 is 5.90. The number of hydrogen-bond donors (Lipinski definition) is 2. The third-order valence-electron chi connectivity index (χ3n) is 4.96. The Morgan fingerprint density at radius 2 is 2.07 bits per heavy atom. The smallest absolute Gasteiger partial charge is 0.253 e. The maximum atomic E-state index is 12.9. The molecule has 1 aromatic heterocycles. The average Bonchev–Trinajstić information content (AvgIpc) is 2.76. The van der Waals surface area contributed by atoms with Crippen LogP contribution in [0.2, 0.25) is 5.02 Å². The molecule has 0 saturated carbocycles. The van der Waals surface area contributed by atoms with E-state index in [1.165, 1.54) is 6.07 Å². The molecule has 27 heavy (non-hydrogen) atoms. The van der Waals surface area contributed by atoms with Crippen LogP contribution in [0, 0.1) is 0 Å². The van der Waals surface area contributed by atoms with Crippen LogP contribution in [0.15, 0.2) is 47.5 Å². The summed E-state index contributed by atoms with van der Waals surface area (Å²) in [5.41, 5.74) is -0.245. The first kappa shape index (κ1) is 18.4. The highest BCUT2D eigenvalue weighted by atomic mass is 35.5. The van der Waals surface area contributed by atoms with Gasteiger partial charge in [-0.1, -0.05) is 15.8 Å². The predicted molar refractivity (Wildman–Crippen MR) is 102 cm³/mol. The summed E-state index contributed by atoms with van der Waals surface area (Å²) in [7, 11) is -3.74. The summed E-state index contributed by atoms with van der Waals surface area (Å²) < 4.78 is 28.5. The van der Waals surface area contributed by atoms with E-state index in [0.717, 1.165) is 0 Å². The van der Waals surface area contributed by atoms with Crippen LogP contribution < -0.4 is 10.0 Å². The van der Waals surface area contributed by atoms with Gasteiger partial charge in [-0.05, 0) is 43.2 Å². The number of nitrogens with zero attached hydrogens (tertiary/aromatic N) is 2. The fraction of sp³-hybridized carbons (Fsp3) is 0.333. The highest BCUT2D eigenvalue weighted by Crippen LogP contribution is 2.32. The van der Waals surface area contributed by atoms with E-state index >= 15 is 0 Å². The van der Waals surface area contributed by atoms with Crippen molar-refractivity contribution in [3.63, 3.8) is 0 Å². The Bertz CT molecular complexity index is 923. The highest BCUT2D eigenvalue weighted by Gasteiger charge is 2.46. The van der Waals surface area contributed by atoms with Crippen LogP contribution in [-0.2, 0) is 14.6 Å². The minimum Gasteiger partial charge on any atom is -0.593 e. The lowest BCUT2D eigenvalue weighted by molar-refractivity contribution is 0.0636. The lowest BCUT2D eigenvalue weighted by Crippen LogP contribution is -2.63. The van der Waals surface area contributed by atoms with E-state index in [1.807, 2.05) is 0 Å². The summed E-state index contributed by atoms with van der Waals surface area (Å²) in [4.78, 5) is 18.8. The van der Waals surface area contributed by atoms with Crippen LogP contribution in [0.25, 0.3) is 0 Å². The number of carbonyl (C=O) groups excluding carboxylic acids is 1. The molecule has 9 heteroatoms. The SMILES string of the molecule is O=C(c1ccc(Cl)cc1)N1CCCC2(CNc3ncccc3[S+](=O)([O-])N2)C1. The average molecular weight is 407 g/mol. The number of aromatic nitrogens is 1. The second kappa shape index (κ2) is 6.87. The first-order valence-electron chi connectivity index (χ1n) is 8.66. The Morgan fingerprint density at radius 1 is 1.30 bits per heavy atom. The molecule has 7 nitrogen and oxygen atoms in total. The summed E-state index contributed by atoms with van der Waals surface area (Å²) in [6.45, 7) is 1.23. The number of hydrogen-bond acceptors (Lipinski definition) is 5. The van der Waals surface area contributed by atoms with E-state index in [-0.39, 0.29) is 17.3 Å². The molecule has 0 aliphatic carbocycles. The third kappa shape index (κ3) is 3.58. The van der Waals surface area contributed by atoms with Gasteiger partial charge in [0.1, 0.15) is 0 Å². The van der Waals surface area contributed by atoms with Crippen molar-refractivity contribution in [2.75, 3.05) is 25.0 Å². The van der Waals surface area contributed by atoms with Crippen LogP contribution >= 0.6 is 11.6 Å². The van der Waals surface area contributed by atoms with Crippen molar-refractivity contribution in [1.29, 1.82) is 0 Å². The lowest BCUT2D eigenvalue weighted by Gasteiger charge is -2.42. The van der Waals surface area contributed by atoms with Crippen molar-refractivity contribution >= 4 is 33.7 Å². The highest BCUT2D eigenvalue weighted by molar-refractivity contribution is 7.96. The first-order valence-corrected chi connectivity index (χ1v) is 10.5. The number of benzene rings is 1. The molecule has 1 aromatic carbocycles. The van der Waals surface area contributed by atoms with Crippen molar-refractivity contribution in [2.24, 2.45) is 0 Å². The van der Waals surface area contributed by atoms with Crippen molar-refractivity contribution in [3.05, 3.63) is 53.2 Å². The number of carbonyl (C=O) groups is 1. The van der Waals surface area contributed by atoms with Gasteiger partial charge in [0, 0.05) is 42.5 Å². The minimum absolute atomic E-state index is 0.128. The maximum absolute atomic E-state index is 12.9. The summed E-state index contributed by atoms with van der Waals surface area (Å²) in [6.07, 6.45) is 2.89. The topological polar surface area (TPSA) is 97.4 Å². The molecule has 2 aliphatic rings. The van der Waals surface area contributed by atoms with Gasteiger partial charge >= 0.3 is 0 Å². The monoisotopic (exact) mass is 406 g/mol. The molecule has 1 saturated heterocycles. The zero-order chi connectivity index (χ0) is 19.1. The maximum Gasteiger partial charge on any atom is 0.253 e. The number of piperidine rings is 1. The van der Waals surface area contributed by atoms with Crippen LogP contribution in [0.4, 0.5) is 5.82 Å². The van der Waals surface area contributed by atoms with Crippen LogP contribution in [-0.4, -0.2) is 45.5 Å². The van der Waals surface area contributed by atoms with E-state index in [4.69, 9.17) is 11.6 Å². The summed E-state index contributed by atoms with van der Waals surface area (Å²) in [6, 6.07) is 9.83. The van der Waals surface area contributed by atoms with Crippen molar-refractivity contribution in [3.8, 4) is 0 Å². The Kier molecular flexibility index (Phi) is 4.67. The lowest BCUT2D eigenvalue weighted by atomic mass is 9.89. The van der Waals surface area contributed by atoms with Gasteiger partial charge in [-0.2, -0.15) is 0 Å². The quantitative estimate of drug-likeness (QED) is 0.708. The second-order valence-corrected chi connectivity index (χ2v) is 9.01.